The van der Waals surface area contributed by atoms with Crippen molar-refractivity contribution in [3.63, 3.8) is 0 Å². The Labute approximate surface area is 120 Å². The van der Waals surface area contributed by atoms with Crippen LogP contribution >= 0.6 is 0 Å². The van der Waals surface area contributed by atoms with Crippen LogP contribution in [0.3, 0.4) is 0 Å². The minimum Gasteiger partial charge on any atom is -0.481 e. The second kappa shape index (κ2) is 10.4. The Kier molecular flexibility index (Phi) is 9.75. The van der Waals surface area contributed by atoms with E-state index in [1.165, 1.54) is 4.90 Å². The van der Waals surface area contributed by atoms with E-state index in [9.17, 15) is 9.59 Å². The third-order valence-corrected chi connectivity index (χ3v) is 2.97. The Morgan fingerprint density at radius 1 is 1.10 bits per heavy atom. The number of hydrogen-bond acceptors (Lipinski definition) is 4. The zero-order valence-corrected chi connectivity index (χ0v) is 12.8. The normalized spacial score (nSPS) is 12.0. The summed E-state index contributed by atoms with van der Waals surface area (Å²) in [6.07, 6.45) is 0. The summed E-state index contributed by atoms with van der Waals surface area (Å²) in [7, 11) is 3.14. The lowest BCUT2D eigenvalue weighted by Crippen LogP contribution is -2.47. The number of ether oxygens (including phenoxy) is 2. The van der Waals surface area contributed by atoms with Crippen LogP contribution in [-0.4, -0.2) is 80.5 Å². The van der Waals surface area contributed by atoms with E-state index in [4.69, 9.17) is 14.6 Å². The number of rotatable bonds is 10. The Hall–Kier alpha value is -1.34. The van der Waals surface area contributed by atoms with Gasteiger partial charge in [-0.1, -0.05) is 6.92 Å². The molecule has 0 heterocycles. The molecule has 0 aliphatic carbocycles. The van der Waals surface area contributed by atoms with E-state index in [-0.39, 0.29) is 12.6 Å². The molecule has 1 unspecified atom stereocenters. The lowest BCUT2D eigenvalue weighted by molar-refractivity contribution is -0.141. The summed E-state index contributed by atoms with van der Waals surface area (Å²) in [5.74, 6) is -1.50. The number of carboxylic acids is 1. The third-order valence-electron chi connectivity index (χ3n) is 2.97. The Morgan fingerprint density at radius 2 is 1.60 bits per heavy atom. The molecule has 0 aliphatic heterocycles. The number of amides is 2. The smallest absolute Gasteiger partial charge is 0.320 e. The van der Waals surface area contributed by atoms with Gasteiger partial charge in [-0.2, -0.15) is 0 Å². The fourth-order valence-electron chi connectivity index (χ4n) is 1.66. The summed E-state index contributed by atoms with van der Waals surface area (Å²) in [6, 6.07) is -0.185. The van der Waals surface area contributed by atoms with Gasteiger partial charge >= 0.3 is 12.0 Å². The number of urea groups is 1. The molecule has 0 rings (SSSR count). The number of methoxy groups -OCH3 is 2. The van der Waals surface area contributed by atoms with E-state index in [0.29, 0.717) is 32.8 Å². The summed E-state index contributed by atoms with van der Waals surface area (Å²) in [4.78, 5) is 26.4. The largest absolute Gasteiger partial charge is 0.481 e. The molecule has 2 amide bonds. The fourth-order valence-corrected chi connectivity index (χ4v) is 1.66. The SMILES string of the molecule is CCN(CC(C)C(=O)O)C(=O)N(CCOC)CCOC. The molecule has 20 heavy (non-hydrogen) atoms. The van der Waals surface area contributed by atoms with Crippen molar-refractivity contribution in [1.29, 1.82) is 0 Å². The first-order chi connectivity index (χ1) is 9.47. The van der Waals surface area contributed by atoms with Crippen molar-refractivity contribution in [2.75, 3.05) is 53.6 Å². The molecule has 0 fully saturated rings. The summed E-state index contributed by atoms with van der Waals surface area (Å²) in [6.45, 7) is 5.86. The molecule has 0 bridgehead atoms. The number of aliphatic carboxylic acids is 1. The van der Waals surface area contributed by atoms with Gasteiger partial charge in [-0.05, 0) is 6.92 Å². The van der Waals surface area contributed by atoms with Crippen LogP contribution in [0.15, 0.2) is 0 Å². The first-order valence-corrected chi connectivity index (χ1v) is 6.72. The van der Waals surface area contributed by atoms with E-state index in [1.807, 2.05) is 6.92 Å². The maximum atomic E-state index is 12.4. The zero-order valence-electron chi connectivity index (χ0n) is 12.8. The first-order valence-electron chi connectivity index (χ1n) is 6.72. The average Bonchev–Trinajstić information content (AvgIpc) is 2.43. The van der Waals surface area contributed by atoms with Crippen LogP contribution in [0.2, 0.25) is 0 Å². The quantitative estimate of drug-likeness (QED) is 0.642. The molecule has 0 spiro atoms. The van der Waals surface area contributed by atoms with E-state index in [2.05, 4.69) is 0 Å². The number of carbonyl (C=O) groups excluding carboxylic acids is 1. The molecule has 0 saturated carbocycles. The molecular weight excluding hydrogens is 264 g/mol. The monoisotopic (exact) mass is 290 g/mol. The summed E-state index contributed by atoms with van der Waals surface area (Å²) in [5.41, 5.74) is 0. The van der Waals surface area contributed by atoms with Crippen molar-refractivity contribution in [1.82, 2.24) is 9.80 Å². The lowest BCUT2D eigenvalue weighted by Gasteiger charge is -2.30. The predicted molar refractivity (Wildman–Crippen MR) is 74.8 cm³/mol. The molecule has 0 aromatic heterocycles. The van der Waals surface area contributed by atoms with Gasteiger partial charge in [-0.3, -0.25) is 4.79 Å². The van der Waals surface area contributed by atoms with Crippen LogP contribution < -0.4 is 0 Å². The number of hydrogen-bond donors (Lipinski definition) is 1. The molecule has 0 saturated heterocycles. The number of carbonyl (C=O) groups is 2. The third kappa shape index (κ3) is 6.72. The van der Waals surface area contributed by atoms with Crippen molar-refractivity contribution in [3.8, 4) is 0 Å². The topological polar surface area (TPSA) is 79.3 Å². The van der Waals surface area contributed by atoms with Crippen LogP contribution in [0.4, 0.5) is 4.79 Å². The average molecular weight is 290 g/mol. The van der Waals surface area contributed by atoms with Crippen LogP contribution in [0, 0.1) is 5.92 Å². The minimum atomic E-state index is -0.906. The molecule has 0 aromatic rings. The van der Waals surface area contributed by atoms with Gasteiger partial charge in [0.1, 0.15) is 0 Å². The second-order valence-corrected chi connectivity index (χ2v) is 4.53. The highest BCUT2D eigenvalue weighted by Gasteiger charge is 2.23. The fraction of sp³-hybridized carbons (Fsp3) is 0.846. The first kappa shape index (κ1) is 18.7. The lowest BCUT2D eigenvalue weighted by atomic mass is 10.2. The van der Waals surface area contributed by atoms with Crippen molar-refractivity contribution in [3.05, 3.63) is 0 Å². The predicted octanol–water partition coefficient (Wildman–Crippen LogP) is 0.744. The van der Waals surface area contributed by atoms with Crippen LogP contribution in [0.5, 0.6) is 0 Å². The van der Waals surface area contributed by atoms with E-state index in [0.717, 1.165) is 0 Å². The highest BCUT2D eigenvalue weighted by Crippen LogP contribution is 2.05. The van der Waals surface area contributed by atoms with Crippen LogP contribution in [0.25, 0.3) is 0 Å². The molecule has 118 valence electrons. The van der Waals surface area contributed by atoms with Crippen molar-refractivity contribution in [2.24, 2.45) is 5.92 Å². The molecule has 1 N–H and O–H groups in total. The van der Waals surface area contributed by atoms with Crippen LogP contribution in [0.1, 0.15) is 13.8 Å². The van der Waals surface area contributed by atoms with Gasteiger partial charge in [0.15, 0.2) is 0 Å². The van der Waals surface area contributed by atoms with Gasteiger partial charge in [0.25, 0.3) is 0 Å². The summed E-state index contributed by atoms with van der Waals surface area (Å²) < 4.78 is 9.98. The second-order valence-electron chi connectivity index (χ2n) is 4.53. The van der Waals surface area contributed by atoms with Gasteiger partial charge in [0.05, 0.1) is 19.1 Å². The molecular formula is C13H26N2O5. The summed E-state index contributed by atoms with van der Waals surface area (Å²) in [5, 5.41) is 8.94. The van der Waals surface area contributed by atoms with Gasteiger partial charge < -0.3 is 24.4 Å². The standard InChI is InChI=1S/C13H26N2O5/c1-5-14(10-11(2)12(16)17)13(18)15(6-8-19-3)7-9-20-4/h11H,5-10H2,1-4H3,(H,16,17). The molecule has 0 aliphatic rings. The number of nitrogens with zero attached hydrogens (tertiary/aromatic N) is 2. The maximum absolute atomic E-state index is 12.4. The maximum Gasteiger partial charge on any atom is 0.320 e. The van der Waals surface area contributed by atoms with Gasteiger partial charge in [-0.15, -0.1) is 0 Å². The number of carboxylic acid groups (broad SMARTS) is 1. The van der Waals surface area contributed by atoms with E-state index in [1.54, 1.807) is 26.0 Å². The highest BCUT2D eigenvalue weighted by molar-refractivity contribution is 5.76. The van der Waals surface area contributed by atoms with Crippen molar-refractivity contribution in [2.45, 2.75) is 13.8 Å². The Balaban J connectivity index is 4.65. The summed E-state index contributed by atoms with van der Waals surface area (Å²) >= 11 is 0. The molecule has 0 radical (unpaired) electrons. The van der Waals surface area contributed by atoms with Crippen LogP contribution in [-0.2, 0) is 14.3 Å². The highest BCUT2D eigenvalue weighted by atomic mass is 16.5. The van der Waals surface area contributed by atoms with E-state index < -0.39 is 11.9 Å². The van der Waals surface area contributed by atoms with Crippen molar-refractivity contribution < 1.29 is 24.2 Å². The molecule has 7 heteroatoms. The van der Waals surface area contributed by atoms with Gasteiger partial charge in [0, 0.05) is 40.4 Å². The molecule has 7 nitrogen and oxygen atoms in total. The minimum absolute atomic E-state index is 0.185. The molecule has 1 atom stereocenters. The Bertz CT molecular complexity index is 290. The van der Waals surface area contributed by atoms with Gasteiger partial charge in [-0.25, -0.2) is 4.79 Å². The Morgan fingerprint density at radius 3 is 1.95 bits per heavy atom. The molecule has 0 aromatic carbocycles. The zero-order chi connectivity index (χ0) is 15.5. The van der Waals surface area contributed by atoms with Gasteiger partial charge in [0.2, 0.25) is 0 Å². The van der Waals surface area contributed by atoms with E-state index >= 15 is 0 Å². The van der Waals surface area contributed by atoms with Crippen molar-refractivity contribution >= 4 is 12.0 Å².